The second kappa shape index (κ2) is 5.84. The normalized spacial score (nSPS) is 18.4. The Bertz CT molecular complexity index is 374. The van der Waals surface area contributed by atoms with Crippen LogP contribution in [0.4, 0.5) is 0 Å². The van der Waals surface area contributed by atoms with Crippen LogP contribution in [0, 0.1) is 11.3 Å². The molecule has 1 saturated heterocycles. The van der Waals surface area contributed by atoms with Crippen molar-refractivity contribution in [2.45, 2.75) is 18.9 Å². The maximum absolute atomic E-state index is 11.7. The van der Waals surface area contributed by atoms with E-state index in [2.05, 4.69) is 10.1 Å². The van der Waals surface area contributed by atoms with Crippen LogP contribution in [0.1, 0.15) is 12.8 Å². The number of carbonyl (C=O) groups is 3. The van der Waals surface area contributed by atoms with Gasteiger partial charge >= 0.3 is 17.8 Å². The molecule has 1 heterocycles. The van der Waals surface area contributed by atoms with E-state index in [9.17, 15) is 14.4 Å². The lowest BCUT2D eigenvalue weighted by molar-refractivity contribution is -0.154. The molecule has 0 aromatic rings. The zero-order valence-corrected chi connectivity index (χ0v) is 9.43. The fourth-order valence-electron chi connectivity index (χ4n) is 1.72. The summed E-state index contributed by atoms with van der Waals surface area (Å²) in [4.78, 5) is 35.6. The Labute approximate surface area is 98.3 Å². The molecule has 0 spiro atoms. The molecule has 0 aliphatic carbocycles. The molecule has 0 radical (unpaired) electrons. The number of hydrogen-bond acceptors (Lipinski definition) is 5. The highest BCUT2D eigenvalue weighted by atomic mass is 16.5. The van der Waals surface area contributed by atoms with Crippen LogP contribution in [-0.4, -0.2) is 48.9 Å². The largest absolute Gasteiger partial charge is 0.467 e. The van der Waals surface area contributed by atoms with Crippen LogP contribution in [0.3, 0.4) is 0 Å². The fourth-order valence-corrected chi connectivity index (χ4v) is 1.72. The fraction of sp³-hybridized carbons (Fsp3) is 0.600. The van der Waals surface area contributed by atoms with Gasteiger partial charge in [-0.1, -0.05) is 0 Å². The number of methoxy groups -OCH3 is 1. The van der Waals surface area contributed by atoms with Crippen molar-refractivity contribution in [2.24, 2.45) is 0 Å². The number of esters is 1. The number of carbonyl (C=O) groups excluding carboxylic acids is 3. The molecule has 1 aliphatic rings. The van der Waals surface area contributed by atoms with Crippen LogP contribution in [-0.2, 0) is 19.1 Å². The van der Waals surface area contributed by atoms with Gasteiger partial charge in [-0.3, -0.25) is 9.59 Å². The molecule has 17 heavy (non-hydrogen) atoms. The molecule has 7 nitrogen and oxygen atoms in total. The van der Waals surface area contributed by atoms with E-state index in [1.54, 1.807) is 6.07 Å². The number of amides is 2. The molecule has 7 heteroatoms. The van der Waals surface area contributed by atoms with Gasteiger partial charge in [0.25, 0.3) is 0 Å². The number of hydrogen-bond donors (Lipinski definition) is 1. The average Bonchev–Trinajstić information content (AvgIpc) is 2.82. The molecule has 0 aromatic carbocycles. The highest BCUT2D eigenvalue weighted by Gasteiger charge is 2.37. The first kappa shape index (κ1) is 13.0. The Morgan fingerprint density at radius 2 is 2.24 bits per heavy atom. The molecule has 1 unspecified atom stereocenters. The lowest BCUT2D eigenvalue weighted by Gasteiger charge is -2.21. The molecular weight excluding hydrogens is 226 g/mol. The summed E-state index contributed by atoms with van der Waals surface area (Å²) < 4.78 is 4.56. The van der Waals surface area contributed by atoms with Crippen molar-refractivity contribution in [2.75, 3.05) is 20.2 Å². The van der Waals surface area contributed by atoms with Crippen LogP contribution in [0.25, 0.3) is 0 Å². The summed E-state index contributed by atoms with van der Waals surface area (Å²) in [7, 11) is 1.24. The maximum atomic E-state index is 11.7. The van der Waals surface area contributed by atoms with Crippen LogP contribution in [0.5, 0.6) is 0 Å². The van der Waals surface area contributed by atoms with E-state index >= 15 is 0 Å². The smallest absolute Gasteiger partial charge is 0.328 e. The summed E-state index contributed by atoms with van der Waals surface area (Å²) >= 11 is 0. The number of nitrogens with zero attached hydrogens (tertiary/aromatic N) is 2. The van der Waals surface area contributed by atoms with E-state index in [4.69, 9.17) is 5.26 Å². The minimum absolute atomic E-state index is 0.235. The van der Waals surface area contributed by atoms with Crippen molar-refractivity contribution in [3.63, 3.8) is 0 Å². The van der Waals surface area contributed by atoms with Gasteiger partial charge in [0.2, 0.25) is 0 Å². The molecule has 92 valence electrons. The zero-order chi connectivity index (χ0) is 12.8. The number of rotatable bonds is 2. The number of likely N-dealkylation sites (tertiary alicyclic amines) is 1. The average molecular weight is 239 g/mol. The predicted octanol–water partition coefficient (Wildman–Crippen LogP) is -1.21. The summed E-state index contributed by atoms with van der Waals surface area (Å²) in [5, 5.41) is 10.4. The van der Waals surface area contributed by atoms with Gasteiger partial charge in [-0.05, 0) is 12.8 Å². The third-order valence-corrected chi connectivity index (χ3v) is 2.51. The summed E-state index contributed by atoms with van der Waals surface area (Å²) in [6.07, 6.45) is 1.14. The van der Waals surface area contributed by atoms with Gasteiger partial charge in [0.05, 0.1) is 13.2 Å². The number of ether oxygens (including phenoxy) is 1. The van der Waals surface area contributed by atoms with Crippen molar-refractivity contribution in [3.8, 4) is 6.07 Å². The minimum Gasteiger partial charge on any atom is -0.467 e. The van der Waals surface area contributed by atoms with Crippen molar-refractivity contribution in [3.05, 3.63) is 0 Å². The number of nitrogens with one attached hydrogen (secondary N) is 1. The first-order valence-electron chi connectivity index (χ1n) is 5.15. The Morgan fingerprint density at radius 1 is 1.53 bits per heavy atom. The van der Waals surface area contributed by atoms with Gasteiger partial charge in [-0.15, -0.1) is 0 Å². The second-order valence-electron chi connectivity index (χ2n) is 3.52. The highest BCUT2D eigenvalue weighted by Crippen LogP contribution is 2.18. The molecular formula is C10H13N3O4. The first-order valence-corrected chi connectivity index (χ1v) is 5.15. The standard InChI is InChI=1S/C10H13N3O4/c1-17-10(16)7-3-2-6-13(7)9(15)8(14)12-5-4-11/h7H,2-3,5-6H2,1H3,(H,12,14). The third kappa shape index (κ3) is 2.93. The second-order valence-corrected chi connectivity index (χ2v) is 3.52. The van der Waals surface area contributed by atoms with Gasteiger partial charge in [-0.25, -0.2) is 4.79 Å². The molecule has 1 aliphatic heterocycles. The zero-order valence-electron chi connectivity index (χ0n) is 9.43. The van der Waals surface area contributed by atoms with Crippen LogP contribution < -0.4 is 5.32 Å². The first-order chi connectivity index (χ1) is 8.11. The summed E-state index contributed by atoms with van der Waals surface area (Å²) in [6.45, 7) is 0.111. The van der Waals surface area contributed by atoms with Gasteiger partial charge in [-0.2, -0.15) is 5.26 Å². The molecule has 2 amide bonds. The Morgan fingerprint density at radius 3 is 2.82 bits per heavy atom. The Kier molecular flexibility index (Phi) is 4.46. The summed E-state index contributed by atoms with van der Waals surface area (Å²) in [5.74, 6) is -2.19. The SMILES string of the molecule is COC(=O)C1CCCN1C(=O)C(=O)NCC#N. The lowest BCUT2D eigenvalue weighted by atomic mass is 10.2. The van der Waals surface area contributed by atoms with Crippen LogP contribution in [0.2, 0.25) is 0 Å². The van der Waals surface area contributed by atoms with Crippen molar-refractivity contribution in [1.29, 1.82) is 5.26 Å². The van der Waals surface area contributed by atoms with Gasteiger partial charge in [0.15, 0.2) is 0 Å². The van der Waals surface area contributed by atoms with Crippen molar-refractivity contribution >= 4 is 17.8 Å². The minimum atomic E-state index is -0.873. The summed E-state index contributed by atoms with van der Waals surface area (Å²) in [6, 6.07) is 1.00. The molecule has 1 atom stereocenters. The van der Waals surface area contributed by atoms with Gasteiger partial charge in [0, 0.05) is 6.54 Å². The number of nitriles is 1. The quantitative estimate of drug-likeness (QED) is 0.370. The molecule has 1 N–H and O–H groups in total. The van der Waals surface area contributed by atoms with Crippen molar-refractivity contribution < 1.29 is 19.1 Å². The Hall–Kier alpha value is -2.10. The van der Waals surface area contributed by atoms with Crippen LogP contribution in [0.15, 0.2) is 0 Å². The third-order valence-electron chi connectivity index (χ3n) is 2.51. The molecule has 0 saturated carbocycles. The van der Waals surface area contributed by atoms with Gasteiger partial charge < -0.3 is 15.0 Å². The van der Waals surface area contributed by atoms with Gasteiger partial charge in [0.1, 0.15) is 12.6 Å². The van der Waals surface area contributed by atoms with E-state index in [-0.39, 0.29) is 6.54 Å². The molecule has 0 aromatic heterocycles. The molecule has 1 fully saturated rings. The lowest BCUT2D eigenvalue weighted by Crippen LogP contribution is -2.48. The van der Waals surface area contributed by atoms with E-state index in [0.29, 0.717) is 19.4 Å². The van der Waals surface area contributed by atoms with E-state index in [1.807, 2.05) is 0 Å². The predicted molar refractivity (Wildman–Crippen MR) is 55.4 cm³/mol. The molecule has 0 bridgehead atoms. The topological polar surface area (TPSA) is 99.5 Å². The van der Waals surface area contributed by atoms with E-state index in [1.165, 1.54) is 12.0 Å². The maximum Gasteiger partial charge on any atom is 0.328 e. The van der Waals surface area contributed by atoms with E-state index < -0.39 is 23.8 Å². The van der Waals surface area contributed by atoms with Crippen LogP contribution >= 0.6 is 0 Å². The monoisotopic (exact) mass is 239 g/mol. The highest BCUT2D eigenvalue weighted by molar-refractivity contribution is 6.35. The summed E-state index contributed by atoms with van der Waals surface area (Å²) in [5.41, 5.74) is 0. The van der Waals surface area contributed by atoms with E-state index in [0.717, 1.165) is 0 Å². The van der Waals surface area contributed by atoms with Crippen molar-refractivity contribution in [1.82, 2.24) is 10.2 Å². The molecule has 1 rings (SSSR count). The Balaban J connectivity index is 2.65.